The number of amides is 2. The molecule has 1 aliphatic heterocycles. The Morgan fingerprint density at radius 3 is 2.46 bits per heavy atom. The molecule has 1 heterocycles. The molecule has 0 spiro atoms. The Labute approximate surface area is 165 Å². The van der Waals surface area contributed by atoms with E-state index in [2.05, 4.69) is 53.9 Å². The highest BCUT2D eigenvalue weighted by atomic mass is 16.4. The van der Waals surface area contributed by atoms with Gasteiger partial charge in [0.05, 0.1) is 5.92 Å². The van der Waals surface area contributed by atoms with Crippen LogP contribution in [0.4, 0.5) is 4.79 Å². The third-order valence-electron chi connectivity index (χ3n) is 6.04. The number of benzene rings is 2. The maximum Gasteiger partial charge on any atom is 0.317 e. The van der Waals surface area contributed by atoms with Gasteiger partial charge in [0, 0.05) is 19.1 Å². The van der Waals surface area contributed by atoms with Crippen LogP contribution in [0.5, 0.6) is 0 Å². The van der Waals surface area contributed by atoms with Crippen LogP contribution >= 0.6 is 0 Å². The first-order valence-corrected chi connectivity index (χ1v) is 10.1. The van der Waals surface area contributed by atoms with Gasteiger partial charge in [0.25, 0.3) is 0 Å². The molecule has 2 aromatic carbocycles. The summed E-state index contributed by atoms with van der Waals surface area (Å²) in [6, 6.07) is 14.8. The molecule has 146 valence electrons. The molecule has 1 aliphatic carbocycles. The molecule has 1 saturated carbocycles. The molecule has 0 unspecified atom stereocenters. The maximum atomic E-state index is 12.6. The van der Waals surface area contributed by atoms with Gasteiger partial charge < -0.3 is 15.3 Å². The summed E-state index contributed by atoms with van der Waals surface area (Å²) in [6.45, 7) is 1.31. The zero-order chi connectivity index (χ0) is 19.5. The number of carbonyl (C=O) groups excluding carboxylic acids is 1. The van der Waals surface area contributed by atoms with Crippen molar-refractivity contribution in [3.05, 3.63) is 54.1 Å². The van der Waals surface area contributed by atoms with Crippen molar-refractivity contribution in [2.45, 2.75) is 38.1 Å². The Bertz CT molecular complexity index is 908. The first-order valence-electron chi connectivity index (χ1n) is 10.1. The van der Waals surface area contributed by atoms with Crippen molar-refractivity contribution < 1.29 is 14.7 Å². The second-order valence-electron chi connectivity index (χ2n) is 7.79. The summed E-state index contributed by atoms with van der Waals surface area (Å²) in [5.74, 6) is -0.971. The summed E-state index contributed by atoms with van der Waals surface area (Å²) in [7, 11) is 0. The number of urea groups is 1. The highest BCUT2D eigenvalue weighted by Gasteiger charge is 2.28. The van der Waals surface area contributed by atoms with Gasteiger partial charge in [-0.3, -0.25) is 4.79 Å². The number of hydrogen-bond acceptors (Lipinski definition) is 2. The lowest BCUT2D eigenvalue weighted by Crippen LogP contribution is -2.47. The highest BCUT2D eigenvalue weighted by Crippen LogP contribution is 2.29. The molecule has 0 saturated heterocycles. The van der Waals surface area contributed by atoms with E-state index >= 15 is 0 Å². The van der Waals surface area contributed by atoms with Crippen molar-refractivity contribution in [1.29, 1.82) is 0 Å². The van der Waals surface area contributed by atoms with Gasteiger partial charge in [-0.05, 0) is 54.0 Å². The van der Waals surface area contributed by atoms with Crippen LogP contribution in [0.2, 0.25) is 0 Å². The van der Waals surface area contributed by atoms with E-state index in [0.29, 0.717) is 25.9 Å². The normalized spacial score (nSPS) is 22.6. The standard InChI is InChI=1S/C23H26N2O3/c26-22(27)18-8-10-19(11-9-18)24-23(28)25-14-12-17(13-15-25)21-7-3-5-16-4-1-2-6-20(16)21/h1-7,12,18-19H,8-11,13-15H2,(H,24,28)(H,26,27). The van der Waals surface area contributed by atoms with E-state index in [1.807, 2.05) is 4.90 Å². The SMILES string of the molecule is O=C(O)C1CCC(NC(=O)N2CC=C(c3cccc4ccccc34)CC2)CC1. The van der Waals surface area contributed by atoms with E-state index in [1.165, 1.54) is 21.9 Å². The number of carboxylic acids is 1. The lowest BCUT2D eigenvalue weighted by Gasteiger charge is -2.31. The molecule has 5 heteroatoms. The van der Waals surface area contributed by atoms with Crippen LogP contribution in [-0.2, 0) is 4.79 Å². The number of carbonyl (C=O) groups is 2. The van der Waals surface area contributed by atoms with Gasteiger partial charge in [-0.15, -0.1) is 0 Å². The quantitative estimate of drug-likeness (QED) is 0.837. The molecular formula is C23H26N2O3. The van der Waals surface area contributed by atoms with Gasteiger partial charge in [-0.25, -0.2) is 4.79 Å². The molecular weight excluding hydrogens is 352 g/mol. The van der Waals surface area contributed by atoms with Crippen LogP contribution in [0.1, 0.15) is 37.7 Å². The van der Waals surface area contributed by atoms with E-state index in [1.54, 1.807) is 0 Å². The van der Waals surface area contributed by atoms with Crippen LogP contribution in [0, 0.1) is 5.92 Å². The third kappa shape index (κ3) is 3.88. The van der Waals surface area contributed by atoms with E-state index in [0.717, 1.165) is 19.3 Å². The molecule has 2 aromatic rings. The molecule has 0 bridgehead atoms. The fraction of sp³-hybridized carbons (Fsp3) is 0.391. The van der Waals surface area contributed by atoms with E-state index in [9.17, 15) is 9.59 Å². The molecule has 0 aromatic heterocycles. The van der Waals surface area contributed by atoms with Gasteiger partial charge in [-0.1, -0.05) is 48.5 Å². The van der Waals surface area contributed by atoms with E-state index < -0.39 is 5.97 Å². The average molecular weight is 378 g/mol. The lowest BCUT2D eigenvalue weighted by molar-refractivity contribution is -0.142. The summed E-state index contributed by atoms with van der Waals surface area (Å²) in [4.78, 5) is 25.5. The molecule has 4 rings (SSSR count). The largest absolute Gasteiger partial charge is 0.481 e. The zero-order valence-electron chi connectivity index (χ0n) is 15.9. The van der Waals surface area contributed by atoms with Crippen molar-refractivity contribution in [2.75, 3.05) is 13.1 Å². The number of hydrogen-bond donors (Lipinski definition) is 2. The highest BCUT2D eigenvalue weighted by molar-refractivity contribution is 5.94. The molecule has 0 atom stereocenters. The fourth-order valence-corrected chi connectivity index (χ4v) is 4.35. The molecule has 0 radical (unpaired) electrons. The van der Waals surface area contributed by atoms with Gasteiger partial charge >= 0.3 is 12.0 Å². The van der Waals surface area contributed by atoms with Crippen LogP contribution in [-0.4, -0.2) is 41.1 Å². The first kappa shape index (κ1) is 18.5. The van der Waals surface area contributed by atoms with Crippen molar-refractivity contribution in [2.24, 2.45) is 5.92 Å². The van der Waals surface area contributed by atoms with Crippen LogP contribution in [0.15, 0.2) is 48.5 Å². The number of nitrogens with one attached hydrogen (secondary N) is 1. The Balaban J connectivity index is 1.37. The van der Waals surface area contributed by atoms with Crippen LogP contribution < -0.4 is 5.32 Å². The minimum absolute atomic E-state index is 0.0352. The second-order valence-corrected chi connectivity index (χ2v) is 7.79. The number of nitrogens with zero attached hydrogens (tertiary/aromatic N) is 1. The summed E-state index contributed by atoms with van der Waals surface area (Å²) in [5, 5.41) is 14.7. The van der Waals surface area contributed by atoms with Crippen molar-refractivity contribution in [3.8, 4) is 0 Å². The Morgan fingerprint density at radius 2 is 1.75 bits per heavy atom. The number of carboxylic acid groups (broad SMARTS) is 1. The number of aliphatic carboxylic acids is 1. The molecule has 2 amide bonds. The smallest absolute Gasteiger partial charge is 0.317 e. The third-order valence-corrected chi connectivity index (χ3v) is 6.04. The minimum atomic E-state index is -0.716. The molecule has 5 nitrogen and oxygen atoms in total. The van der Waals surface area contributed by atoms with Crippen molar-refractivity contribution >= 4 is 28.3 Å². The zero-order valence-corrected chi connectivity index (χ0v) is 15.9. The van der Waals surface area contributed by atoms with Gasteiger partial charge in [0.2, 0.25) is 0 Å². The molecule has 2 aliphatic rings. The van der Waals surface area contributed by atoms with E-state index in [-0.39, 0.29) is 18.0 Å². The number of rotatable bonds is 3. The topological polar surface area (TPSA) is 69.6 Å². The maximum absolute atomic E-state index is 12.6. The monoisotopic (exact) mass is 378 g/mol. The summed E-state index contributed by atoms with van der Waals surface area (Å²) >= 11 is 0. The van der Waals surface area contributed by atoms with Crippen molar-refractivity contribution in [1.82, 2.24) is 10.2 Å². The van der Waals surface area contributed by atoms with Crippen LogP contribution in [0.3, 0.4) is 0 Å². The Kier molecular flexibility index (Phi) is 5.33. The minimum Gasteiger partial charge on any atom is -0.481 e. The van der Waals surface area contributed by atoms with Crippen molar-refractivity contribution in [3.63, 3.8) is 0 Å². The second kappa shape index (κ2) is 8.05. The Hall–Kier alpha value is -2.82. The fourth-order valence-electron chi connectivity index (χ4n) is 4.35. The molecule has 28 heavy (non-hydrogen) atoms. The average Bonchev–Trinajstić information content (AvgIpc) is 2.74. The summed E-state index contributed by atoms with van der Waals surface area (Å²) in [5.41, 5.74) is 2.55. The summed E-state index contributed by atoms with van der Waals surface area (Å²) < 4.78 is 0. The molecule has 2 N–H and O–H groups in total. The molecule has 1 fully saturated rings. The first-order chi connectivity index (χ1) is 13.6. The predicted molar refractivity (Wildman–Crippen MR) is 110 cm³/mol. The number of fused-ring (bicyclic) bond motifs is 1. The van der Waals surface area contributed by atoms with Gasteiger partial charge in [-0.2, -0.15) is 0 Å². The summed E-state index contributed by atoms with van der Waals surface area (Å²) in [6.07, 6.45) is 5.78. The van der Waals surface area contributed by atoms with Crippen LogP contribution in [0.25, 0.3) is 16.3 Å². The van der Waals surface area contributed by atoms with E-state index in [4.69, 9.17) is 5.11 Å². The lowest BCUT2D eigenvalue weighted by atomic mass is 9.86. The van der Waals surface area contributed by atoms with Gasteiger partial charge in [0.15, 0.2) is 0 Å². The predicted octanol–water partition coefficient (Wildman–Crippen LogP) is 4.28. The Morgan fingerprint density at radius 1 is 1.00 bits per heavy atom. The van der Waals surface area contributed by atoms with Gasteiger partial charge in [0.1, 0.15) is 0 Å².